The van der Waals surface area contributed by atoms with Crippen LogP contribution in [0.15, 0.2) is 24.4 Å². The van der Waals surface area contributed by atoms with Crippen molar-refractivity contribution in [3.63, 3.8) is 0 Å². The lowest BCUT2D eigenvalue weighted by Crippen LogP contribution is -2.72. The Morgan fingerprint density at radius 1 is 1.37 bits per heavy atom. The van der Waals surface area contributed by atoms with Crippen LogP contribution < -0.4 is 10.6 Å². The van der Waals surface area contributed by atoms with Crippen molar-refractivity contribution in [1.82, 2.24) is 15.6 Å². The summed E-state index contributed by atoms with van der Waals surface area (Å²) in [7, 11) is 0. The second-order valence-electron chi connectivity index (χ2n) is 5.38. The topological polar surface area (TPSA) is 83.6 Å². The number of epoxide rings is 1. The highest BCUT2D eigenvalue weighted by atomic mass is 16.6. The van der Waals surface area contributed by atoms with Crippen LogP contribution in [-0.4, -0.2) is 28.6 Å². The molecule has 4 aliphatic rings. The normalized spacial score (nSPS) is 39.5. The molecule has 0 radical (unpaired) electrons. The Hall–Kier alpha value is -1.79. The molecule has 98 valence electrons. The minimum absolute atomic E-state index is 0.0303. The van der Waals surface area contributed by atoms with Gasteiger partial charge in [-0.1, -0.05) is 6.07 Å². The van der Waals surface area contributed by atoms with E-state index in [1.807, 2.05) is 18.2 Å². The number of nitrogens with one attached hydrogen (secondary N) is 2. The Kier molecular flexibility index (Phi) is 2.11. The molecule has 19 heavy (non-hydrogen) atoms. The van der Waals surface area contributed by atoms with Crippen LogP contribution in [0, 0.1) is 5.92 Å². The molecule has 6 heteroatoms. The van der Waals surface area contributed by atoms with Crippen LogP contribution in [-0.2, 0) is 14.3 Å². The number of amides is 2. The first-order valence-electron chi connectivity index (χ1n) is 6.37. The minimum atomic E-state index is -0.618. The molecule has 0 aromatic carbocycles. The highest BCUT2D eigenvalue weighted by molar-refractivity contribution is 6.07. The fourth-order valence-electron chi connectivity index (χ4n) is 2.93. The van der Waals surface area contributed by atoms with E-state index in [-0.39, 0.29) is 30.1 Å². The van der Waals surface area contributed by atoms with E-state index in [0.717, 1.165) is 5.69 Å². The van der Waals surface area contributed by atoms with Crippen molar-refractivity contribution in [2.75, 3.05) is 0 Å². The Labute approximate surface area is 109 Å². The van der Waals surface area contributed by atoms with Crippen LogP contribution in [0.2, 0.25) is 0 Å². The van der Waals surface area contributed by atoms with Crippen molar-refractivity contribution >= 4 is 11.8 Å². The number of piperidine rings is 2. The number of imide groups is 1. The first kappa shape index (κ1) is 11.1. The van der Waals surface area contributed by atoms with Gasteiger partial charge in [0, 0.05) is 12.1 Å². The Morgan fingerprint density at radius 3 is 2.89 bits per heavy atom. The fourth-order valence-corrected chi connectivity index (χ4v) is 2.93. The maximum Gasteiger partial charge on any atom is 0.246 e. The molecule has 2 N–H and O–H groups in total. The van der Waals surface area contributed by atoms with E-state index in [0.29, 0.717) is 12.8 Å². The van der Waals surface area contributed by atoms with E-state index in [2.05, 4.69) is 15.6 Å². The highest BCUT2D eigenvalue weighted by Gasteiger charge is 2.60. The molecule has 6 nitrogen and oxygen atoms in total. The average Bonchev–Trinajstić information content (AvgIpc) is 3.11. The molecule has 2 unspecified atom stereocenters. The van der Waals surface area contributed by atoms with Gasteiger partial charge in [0.2, 0.25) is 11.8 Å². The van der Waals surface area contributed by atoms with Crippen molar-refractivity contribution in [3.8, 4) is 0 Å². The van der Waals surface area contributed by atoms with Crippen molar-refractivity contribution in [1.29, 1.82) is 0 Å². The molecule has 4 heterocycles. The summed E-state index contributed by atoms with van der Waals surface area (Å²) in [5.74, 6) is -0.404. The van der Waals surface area contributed by atoms with Gasteiger partial charge in [0.15, 0.2) is 0 Å². The number of pyridine rings is 1. The van der Waals surface area contributed by atoms with Crippen LogP contribution in [0.25, 0.3) is 0 Å². The van der Waals surface area contributed by atoms with E-state index >= 15 is 0 Å². The van der Waals surface area contributed by atoms with Crippen molar-refractivity contribution in [2.45, 2.75) is 30.7 Å². The Morgan fingerprint density at radius 2 is 2.21 bits per heavy atom. The molecule has 3 aliphatic heterocycles. The number of rotatable bonds is 3. The summed E-state index contributed by atoms with van der Waals surface area (Å²) in [5.41, 5.74) is 0.242. The lowest BCUT2D eigenvalue weighted by atomic mass is 9.64. The van der Waals surface area contributed by atoms with E-state index in [9.17, 15) is 9.59 Å². The molecule has 4 fully saturated rings. The monoisotopic (exact) mass is 259 g/mol. The smallest absolute Gasteiger partial charge is 0.246 e. The van der Waals surface area contributed by atoms with Crippen LogP contribution in [0.3, 0.4) is 0 Å². The van der Waals surface area contributed by atoms with E-state index < -0.39 is 5.54 Å². The van der Waals surface area contributed by atoms with Gasteiger partial charge in [0.25, 0.3) is 0 Å². The number of hydrogen-bond acceptors (Lipinski definition) is 5. The van der Waals surface area contributed by atoms with Gasteiger partial charge in [-0.3, -0.25) is 25.2 Å². The predicted molar refractivity (Wildman–Crippen MR) is 63.6 cm³/mol. The molecule has 5 rings (SSSR count). The highest BCUT2D eigenvalue weighted by Crippen LogP contribution is 2.45. The summed E-state index contributed by atoms with van der Waals surface area (Å²) in [6.45, 7) is 0. The number of carbonyl (C=O) groups excluding carboxylic acids is 2. The molecule has 1 saturated carbocycles. The zero-order valence-corrected chi connectivity index (χ0v) is 10.1. The third-order valence-corrected chi connectivity index (χ3v) is 4.12. The number of ether oxygens (including phenoxy) is 1. The molecule has 0 spiro atoms. The fraction of sp³-hybridized carbons (Fsp3) is 0.462. The first-order chi connectivity index (χ1) is 9.18. The van der Waals surface area contributed by atoms with Crippen LogP contribution in [0.4, 0.5) is 0 Å². The summed E-state index contributed by atoms with van der Waals surface area (Å²) < 4.78 is 5.53. The zero-order valence-electron chi connectivity index (χ0n) is 10.1. The van der Waals surface area contributed by atoms with Crippen molar-refractivity contribution in [3.05, 3.63) is 30.1 Å². The Balaban J connectivity index is 1.45. The molecule has 2 atom stereocenters. The Bertz CT molecular complexity index is 554. The average molecular weight is 259 g/mol. The quantitative estimate of drug-likeness (QED) is 0.584. The second kappa shape index (κ2) is 3.61. The van der Waals surface area contributed by atoms with E-state index in [1.54, 1.807) is 6.20 Å². The standard InChI is InChI=1S/C13H13N3O3/c17-10-7-5-13(6-7,12(18)15-10)16-11-9(19-11)8-3-1-2-4-14-8/h1-4,7,9,11,16H,5-6H2,(H,15,17,18). The molecule has 1 aliphatic carbocycles. The largest absolute Gasteiger partial charge is 0.346 e. The third kappa shape index (κ3) is 1.60. The van der Waals surface area contributed by atoms with Crippen LogP contribution in [0.5, 0.6) is 0 Å². The predicted octanol–water partition coefficient (Wildman–Crippen LogP) is -0.126. The second-order valence-corrected chi connectivity index (χ2v) is 5.38. The summed E-state index contributed by atoms with van der Waals surface area (Å²) in [4.78, 5) is 27.5. The van der Waals surface area contributed by atoms with Gasteiger partial charge in [-0.25, -0.2) is 0 Å². The number of carbonyl (C=O) groups is 2. The summed E-state index contributed by atoms with van der Waals surface area (Å²) in [5, 5.41) is 5.62. The molecule has 2 amide bonds. The lowest BCUT2D eigenvalue weighted by Gasteiger charge is -2.49. The first-order valence-corrected chi connectivity index (χ1v) is 6.37. The van der Waals surface area contributed by atoms with Gasteiger partial charge < -0.3 is 4.74 Å². The number of aromatic nitrogens is 1. The molecular formula is C13H13N3O3. The SMILES string of the molecule is O=C1NC(=O)C2(NC3OC3c3ccccn3)CC1C2. The molecular weight excluding hydrogens is 246 g/mol. The molecule has 2 bridgehead atoms. The van der Waals surface area contributed by atoms with E-state index in [1.165, 1.54) is 0 Å². The van der Waals surface area contributed by atoms with Crippen molar-refractivity contribution < 1.29 is 14.3 Å². The summed E-state index contributed by atoms with van der Waals surface area (Å²) in [6.07, 6.45) is 2.59. The maximum atomic E-state index is 11.9. The number of fused-ring (bicyclic) bond motifs is 2. The molecule has 1 aromatic heterocycles. The molecule has 1 aromatic rings. The van der Waals surface area contributed by atoms with E-state index in [4.69, 9.17) is 4.74 Å². The van der Waals surface area contributed by atoms with Gasteiger partial charge in [0.1, 0.15) is 17.9 Å². The summed E-state index contributed by atoms with van der Waals surface area (Å²) >= 11 is 0. The minimum Gasteiger partial charge on any atom is -0.346 e. The van der Waals surface area contributed by atoms with Gasteiger partial charge >= 0.3 is 0 Å². The summed E-state index contributed by atoms with van der Waals surface area (Å²) in [6, 6.07) is 5.66. The third-order valence-electron chi connectivity index (χ3n) is 4.12. The zero-order chi connectivity index (χ0) is 13.0. The van der Waals surface area contributed by atoms with Gasteiger partial charge in [-0.2, -0.15) is 0 Å². The maximum absolute atomic E-state index is 11.9. The van der Waals surface area contributed by atoms with Gasteiger partial charge in [-0.05, 0) is 25.0 Å². The van der Waals surface area contributed by atoms with Gasteiger partial charge in [-0.15, -0.1) is 0 Å². The number of hydrogen-bond donors (Lipinski definition) is 2. The van der Waals surface area contributed by atoms with Gasteiger partial charge in [0.05, 0.1) is 5.69 Å². The van der Waals surface area contributed by atoms with Crippen molar-refractivity contribution in [2.24, 2.45) is 5.92 Å². The van der Waals surface area contributed by atoms with Crippen LogP contribution >= 0.6 is 0 Å². The van der Waals surface area contributed by atoms with Crippen LogP contribution in [0.1, 0.15) is 24.6 Å². The number of nitrogens with zero attached hydrogens (tertiary/aromatic N) is 1. The lowest BCUT2D eigenvalue weighted by molar-refractivity contribution is -0.153. The molecule has 3 saturated heterocycles.